The van der Waals surface area contributed by atoms with E-state index in [1.54, 1.807) is 18.2 Å². The minimum absolute atomic E-state index is 0.151. The highest BCUT2D eigenvalue weighted by Crippen LogP contribution is 2.47. The number of rotatable bonds is 5. The van der Waals surface area contributed by atoms with Gasteiger partial charge in [0.2, 0.25) is 0 Å². The molecule has 0 aliphatic carbocycles. The van der Waals surface area contributed by atoms with E-state index >= 15 is 0 Å². The predicted octanol–water partition coefficient (Wildman–Crippen LogP) is 4.12. The number of hydrogen-bond donors (Lipinski definition) is 2. The van der Waals surface area contributed by atoms with Crippen molar-refractivity contribution in [1.29, 1.82) is 0 Å². The van der Waals surface area contributed by atoms with Gasteiger partial charge in [-0.05, 0) is 25.5 Å². The first-order chi connectivity index (χ1) is 11.7. The number of benzene rings is 1. The number of aliphatic carboxylic acids is 2. The molecule has 1 aromatic rings. The Morgan fingerprint density at radius 2 is 1.44 bits per heavy atom. The Morgan fingerprint density at radius 1 is 1.00 bits per heavy atom. The van der Waals surface area contributed by atoms with Gasteiger partial charge in [-0.25, -0.2) is 9.59 Å². The average molecular weight is 409 g/mol. The highest BCUT2D eigenvalue weighted by molar-refractivity contribution is 9.10. The molecule has 1 heterocycles. The second kappa shape index (κ2) is 7.14. The first-order valence-corrected chi connectivity index (χ1v) is 9.02. The van der Waals surface area contributed by atoms with Crippen LogP contribution in [0, 0.1) is 0 Å². The minimum atomic E-state index is -1.08. The summed E-state index contributed by atoms with van der Waals surface area (Å²) < 4.78 is 0.968. The first-order valence-electron chi connectivity index (χ1n) is 8.23. The molecule has 0 unspecified atom stereocenters. The molecule has 0 saturated heterocycles. The lowest BCUT2D eigenvalue weighted by Crippen LogP contribution is -2.49. The second-order valence-corrected chi connectivity index (χ2v) is 7.02. The molecule has 1 aliphatic heterocycles. The second-order valence-electron chi connectivity index (χ2n) is 6.16. The van der Waals surface area contributed by atoms with Crippen molar-refractivity contribution in [2.24, 2.45) is 0 Å². The zero-order chi connectivity index (χ0) is 18.9. The molecule has 25 heavy (non-hydrogen) atoms. The zero-order valence-electron chi connectivity index (χ0n) is 14.8. The van der Waals surface area contributed by atoms with Crippen molar-refractivity contribution in [1.82, 2.24) is 0 Å². The summed E-state index contributed by atoms with van der Waals surface area (Å²) in [5.74, 6) is -2.96. The third kappa shape index (κ3) is 2.93. The van der Waals surface area contributed by atoms with Crippen LogP contribution < -0.4 is 0 Å². The zero-order valence-corrected chi connectivity index (χ0v) is 16.4. The number of halogens is 1. The molecule has 0 fully saturated rings. The maximum Gasteiger partial charge on any atom is 0.338 e. The highest BCUT2D eigenvalue weighted by atomic mass is 79.9. The van der Waals surface area contributed by atoms with E-state index in [1.807, 2.05) is 33.8 Å². The molecule has 0 radical (unpaired) electrons. The van der Waals surface area contributed by atoms with Crippen LogP contribution in [-0.4, -0.2) is 39.7 Å². The number of hydrogen-bond acceptors (Lipinski definition) is 2. The molecule has 2 rings (SSSR count). The van der Waals surface area contributed by atoms with Crippen LogP contribution in [0.1, 0.15) is 39.2 Å². The summed E-state index contributed by atoms with van der Waals surface area (Å²) in [4.78, 5) is 24.3. The van der Waals surface area contributed by atoms with E-state index in [9.17, 15) is 19.8 Å². The van der Waals surface area contributed by atoms with Crippen molar-refractivity contribution < 1.29 is 24.3 Å². The summed E-state index contributed by atoms with van der Waals surface area (Å²) in [7, 11) is 0. The van der Waals surface area contributed by atoms with E-state index in [1.165, 1.54) is 0 Å². The molecule has 5 nitrogen and oxygen atoms in total. The Kier molecular flexibility index (Phi) is 5.54. The van der Waals surface area contributed by atoms with E-state index in [2.05, 4.69) is 15.9 Å². The SMILES string of the molecule is CC[N+]1(CC)C(C)=C(C(=O)O)C(c2ccccc2Br)C(C(=O)O)=C1C. The Bertz CT molecular complexity index is 750. The minimum Gasteiger partial charge on any atom is -0.478 e. The number of carboxylic acids is 2. The van der Waals surface area contributed by atoms with Crippen LogP contribution in [0.25, 0.3) is 0 Å². The molecule has 134 valence electrons. The fourth-order valence-electron chi connectivity index (χ4n) is 4.02. The van der Waals surface area contributed by atoms with Gasteiger partial charge in [-0.15, -0.1) is 0 Å². The van der Waals surface area contributed by atoms with Gasteiger partial charge in [0.25, 0.3) is 0 Å². The van der Waals surface area contributed by atoms with Crippen LogP contribution in [0.15, 0.2) is 51.3 Å². The van der Waals surface area contributed by atoms with Crippen molar-refractivity contribution in [2.75, 3.05) is 13.1 Å². The van der Waals surface area contributed by atoms with Gasteiger partial charge in [-0.3, -0.25) is 4.48 Å². The number of nitrogens with zero attached hydrogens (tertiary/aromatic N) is 1. The summed E-state index contributed by atoms with van der Waals surface area (Å²) in [5.41, 5.74) is 2.35. The quantitative estimate of drug-likeness (QED) is 0.718. The van der Waals surface area contributed by atoms with Gasteiger partial charge in [-0.2, -0.15) is 0 Å². The molecule has 0 spiro atoms. The smallest absolute Gasteiger partial charge is 0.338 e. The normalized spacial score (nSPS) is 17.8. The predicted molar refractivity (Wildman–Crippen MR) is 98.9 cm³/mol. The van der Waals surface area contributed by atoms with E-state index in [4.69, 9.17) is 0 Å². The Hall–Kier alpha value is -1.92. The van der Waals surface area contributed by atoms with Crippen LogP contribution >= 0.6 is 15.9 Å². The van der Waals surface area contributed by atoms with E-state index in [0.717, 1.165) is 0 Å². The van der Waals surface area contributed by atoms with Gasteiger partial charge in [0.1, 0.15) is 22.5 Å². The van der Waals surface area contributed by atoms with Crippen LogP contribution in [0.3, 0.4) is 0 Å². The summed E-state index contributed by atoms with van der Waals surface area (Å²) in [6, 6.07) is 7.19. The third-order valence-electron chi connectivity index (χ3n) is 5.40. The largest absolute Gasteiger partial charge is 0.478 e. The maximum absolute atomic E-state index is 12.2. The lowest BCUT2D eigenvalue weighted by Gasteiger charge is -2.43. The van der Waals surface area contributed by atoms with Gasteiger partial charge >= 0.3 is 11.9 Å². The topological polar surface area (TPSA) is 74.6 Å². The number of quaternary nitrogens is 1. The molecule has 0 atom stereocenters. The summed E-state index contributed by atoms with van der Waals surface area (Å²) >= 11 is 3.45. The lowest BCUT2D eigenvalue weighted by molar-refractivity contribution is -0.853. The number of carbonyl (C=O) groups is 2. The average Bonchev–Trinajstić information content (AvgIpc) is 2.55. The van der Waals surface area contributed by atoms with E-state index in [0.29, 0.717) is 34.5 Å². The molecule has 0 saturated carbocycles. The molecule has 6 heteroatoms. The molecule has 0 bridgehead atoms. The van der Waals surface area contributed by atoms with Crippen molar-refractivity contribution in [2.45, 2.75) is 33.6 Å². The number of carboxylic acid groups (broad SMARTS) is 2. The Labute approximate surface area is 156 Å². The van der Waals surface area contributed by atoms with Crippen molar-refractivity contribution in [3.8, 4) is 0 Å². The van der Waals surface area contributed by atoms with E-state index in [-0.39, 0.29) is 15.6 Å². The highest BCUT2D eigenvalue weighted by Gasteiger charge is 2.48. The van der Waals surface area contributed by atoms with Gasteiger partial charge < -0.3 is 10.2 Å². The van der Waals surface area contributed by atoms with Crippen LogP contribution in [0.2, 0.25) is 0 Å². The monoisotopic (exact) mass is 408 g/mol. The molecular weight excluding hydrogens is 386 g/mol. The van der Waals surface area contributed by atoms with Gasteiger partial charge in [-0.1, -0.05) is 34.1 Å². The summed E-state index contributed by atoms with van der Waals surface area (Å²) in [6.07, 6.45) is 0. The van der Waals surface area contributed by atoms with Gasteiger partial charge in [0, 0.05) is 18.3 Å². The summed E-state index contributed by atoms with van der Waals surface area (Å²) in [5, 5.41) is 19.9. The standard InChI is InChI=1S/C19H22BrNO4/c1-5-21(6-2)11(3)15(18(22)23)17(16(12(21)4)19(24)25)13-9-7-8-10-14(13)20/h7-10,17H,5-6H2,1-4H3,(H-,22,23,24,25)/p+1. The molecule has 1 aromatic carbocycles. The van der Waals surface area contributed by atoms with Crippen LogP contribution in [-0.2, 0) is 9.59 Å². The van der Waals surface area contributed by atoms with Crippen molar-refractivity contribution in [3.05, 3.63) is 56.8 Å². The maximum atomic E-state index is 12.2. The third-order valence-corrected chi connectivity index (χ3v) is 6.12. The Morgan fingerprint density at radius 3 is 1.80 bits per heavy atom. The molecule has 1 aliphatic rings. The summed E-state index contributed by atoms with van der Waals surface area (Å²) in [6.45, 7) is 8.72. The molecule has 0 amide bonds. The van der Waals surface area contributed by atoms with Crippen LogP contribution in [0.4, 0.5) is 0 Å². The molecular formula is C19H23BrNO4+. The fourth-order valence-corrected chi connectivity index (χ4v) is 4.54. The van der Waals surface area contributed by atoms with Crippen LogP contribution in [0.5, 0.6) is 0 Å². The Balaban J connectivity index is 2.93. The van der Waals surface area contributed by atoms with Crippen molar-refractivity contribution in [3.63, 3.8) is 0 Å². The lowest BCUT2D eigenvalue weighted by atomic mass is 9.78. The fraction of sp³-hybridized carbons (Fsp3) is 0.368. The molecule has 0 aromatic heterocycles. The van der Waals surface area contributed by atoms with Gasteiger partial charge in [0.05, 0.1) is 19.0 Å². The van der Waals surface area contributed by atoms with Crippen molar-refractivity contribution >= 4 is 27.9 Å². The molecule has 2 N–H and O–H groups in total. The first kappa shape index (κ1) is 19.4. The number of allylic oxidation sites excluding steroid dienone is 2. The van der Waals surface area contributed by atoms with E-state index < -0.39 is 17.9 Å². The van der Waals surface area contributed by atoms with Gasteiger partial charge in [0.15, 0.2) is 0 Å².